The van der Waals surface area contributed by atoms with Gasteiger partial charge in [-0.05, 0) is 54.0 Å². The second-order valence-corrected chi connectivity index (χ2v) is 6.94. The van der Waals surface area contributed by atoms with Gasteiger partial charge in [0, 0.05) is 25.2 Å². The molecular weight excluding hydrogens is 266 g/mol. The molecule has 0 radical (unpaired) electrons. The molecule has 124 valence electrons. The summed E-state index contributed by atoms with van der Waals surface area (Å²) in [7, 11) is 0. The van der Waals surface area contributed by atoms with Crippen molar-refractivity contribution in [3.8, 4) is 0 Å². The number of aliphatic hydroxyl groups is 1. The topological polar surface area (TPSA) is 55.8 Å². The number of nitrogens with zero attached hydrogens (tertiary/aromatic N) is 2. The Bertz CT molecular complexity index is 328. The summed E-state index contributed by atoms with van der Waals surface area (Å²) in [4.78, 5) is 16.3. The van der Waals surface area contributed by atoms with Crippen LogP contribution in [0.2, 0.25) is 0 Å². The Morgan fingerprint density at radius 3 is 2.67 bits per heavy atom. The molecule has 0 aliphatic carbocycles. The van der Waals surface area contributed by atoms with Crippen LogP contribution in [0.25, 0.3) is 0 Å². The van der Waals surface area contributed by atoms with E-state index in [1.807, 2.05) is 6.92 Å². The first-order valence-electron chi connectivity index (χ1n) is 8.25. The van der Waals surface area contributed by atoms with E-state index in [4.69, 9.17) is 0 Å². The molecule has 0 aromatic heterocycles. The summed E-state index contributed by atoms with van der Waals surface area (Å²) in [5, 5.41) is 12.9. The number of amides is 2. The Morgan fingerprint density at radius 1 is 1.48 bits per heavy atom. The lowest BCUT2D eigenvalue weighted by atomic mass is 10.0. The molecule has 1 heterocycles. The van der Waals surface area contributed by atoms with Crippen LogP contribution in [-0.2, 0) is 0 Å². The monoisotopic (exact) mass is 299 g/mol. The highest BCUT2D eigenvalue weighted by Gasteiger charge is 2.25. The highest BCUT2D eigenvalue weighted by atomic mass is 16.3. The van der Waals surface area contributed by atoms with Crippen molar-refractivity contribution in [3.05, 3.63) is 0 Å². The minimum absolute atomic E-state index is 0.0869. The minimum atomic E-state index is -0.861. The predicted molar refractivity (Wildman–Crippen MR) is 86.4 cm³/mol. The standard InChI is InChI=1S/C16H33N3O2/c1-6-18(12-16(4,5)21)15(20)17-11-14(3)19-10-8-7-9-13(19)2/h13-14,21H,6-12H2,1-5H3,(H,17,20)/t13-,14+/m1/s1. The van der Waals surface area contributed by atoms with Gasteiger partial charge in [-0.1, -0.05) is 6.42 Å². The lowest BCUT2D eigenvalue weighted by Gasteiger charge is -2.38. The third kappa shape index (κ3) is 6.22. The Labute approximate surface area is 129 Å². The van der Waals surface area contributed by atoms with E-state index in [1.165, 1.54) is 19.3 Å². The molecule has 1 fully saturated rings. The van der Waals surface area contributed by atoms with Crippen molar-refractivity contribution >= 4 is 6.03 Å². The fraction of sp³-hybridized carbons (Fsp3) is 0.938. The minimum Gasteiger partial charge on any atom is -0.389 e. The molecule has 21 heavy (non-hydrogen) atoms. The number of likely N-dealkylation sites (N-methyl/N-ethyl adjacent to an activating group) is 1. The fourth-order valence-corrected chi connectivity index (χ4v) is 3.03. The van der Waals surface area contributed by atoms with Gasteiger partial charge in [0.05, 0.1) is 12.1 Å². The summed E-state index contributed by atoms with van der Waals surface area (Å²) < 4.78 is 0. The number of hydrogen-bond donors (Lipinski definition) is 2. The second-order valence-electron chi connectivity index (χ2n) is 6.94. The maximum Gasteiger partial charge on any atom is 0.317 e. The normalized spacial score (nSPS) is 21.9. The maximum atomic E-state index is 12.2. The molecule has 0 bridgehead atoms. The van der Waals surface area contributed by atoms with Crippen molar-refractivity contribution in [2.75, 3.05) is 26.2 Å². The SMILES string of the molecule is CCN(CC(C)(C)O)C(=O)NC[C@H](C)N1CCCC[C@H]1C. The third-order valence-electron chi connectivity index (χ3n) is 4.22. The predicted octanol–water partition coefficient (Wildman–Crippen LogP) is 2.05. The van der Waals surface area contributed by atoms with Crippen LogP contribution in [0.1, 0.15) is 53.9 Å². The number of urea groups is 1. The molecule has 1 aliphatic heterocycles. The first kappa shape index (κ1) is 18.2. The molecule has 1 aliphatic rings. The lowest BCUT2D eigenvalue weighted by Crippen LogP contribution is -2.52. The molecule has 1 rings (SSSR count). The van der Waals surface area contributed by atoms with Crippen LogP contribution in [0.4, 0.5) is 4.79 Å². The van der Waals surface area contributed by atoms with Gasteiger partial charge in [0.1, 0.15) is 0 Å². The molecule has 5 nitrogen and oxygen atoms in total. The van der Waals surface area contributed by atoms with Crippen molar-refractivity contribution in [2.24, 2.45) is 0 Å². The number of piperidine rings is 1. The van der Waals surface area contributed by atoms with Crippen LogP contribution in [0.15, 0.2) is 0 Å². The summed E-state index contributed by atoms with van der Waals surface area (Å²) in [5.41, 5.74) is -0.861. The average molecular weight is 299 g/mol. The molecule has 0 unspecified atom stereocenters. The molecule has 1 saturated heterocycles. The molecule has 2 N–H and O–H groups in total. The van der Waals surface area contributed by atoms with Gasteiger partial charge in [0.15, 0.2) is 0 Å². The van der Waals surface area contributed by atoms with Crippen LogP contribution >= 0.6 is 0 Å². The summed E-state index contributed by atoms with van der Waals surface area (Å²) in [6.45, 7) is 12.6. The van der Waals surface area contributed by atoms with Crippen LogP contribution < -0.4 is 5.32 Å². The first-order valence-corrected chi connectivity index (χ1v) is 8.25. The van der Waals surface area contributed by atoms with E-state index in [-0.39, 0.29) is 6.03 Å². The highest BCUT2D eigenvalue weighted by Crippen LogP contribution is 2.18. The van der Waals surface area contributed by atoms with Gasteiger partial charge in [0.25, 0.3) is 0 Å². The number of likely N-dealkylation sites (tertiary alicyclic amines) is 1. The number of hydrogen-bond acceptors (Lipinski definition) is 3. The average Bonchev–Trinajstić information content (AvgIpc) is 2.41. The van der Waals surface area contributed by atoms with Gasteiger partial charge in [0.2, 0.25) is 0 Å². The highest BCUT2D eigenvalue weighted by molar-refractivity contribution is 5.74. The molecule has 0 aromatic carbocycles. The van der Waals surface area contributed by atoms with Gasteiger partial charge in [-0.25, -0.2) is 4.79 Å². The summed E-state index contributed by atoms with van der Waals surface area (Å²) in [5.74, 6) is 0. The van der Waals surface area contributed by atoms with Crippen LogP contribution in [-0.4, -0.2) is 64.8 Å². The Hall–Kier alpha value is -0.810. The maximum absolute atomic E-state index is 12.2. The Balaban J connectivity index is 2.43. The van der Waals surface area contributed by atoms with E-state index >= 15 is 0 Å². The molecule has 5 heteroatoms. The molecular formula is C16H33N3O2. The third-order valence-corrected chi connectivity index (χ3v) is 4.22. The van der Waals surface area contributed by atoms with Crippen molar-refractivity contribution in [3.63, 3.8) is 0 Å². The summed E-state index contributed by atoms with van der Waals surface area (Å²) in [6, 6.07) is 0.866. The smallest absolute Gasteiger partial charge is 0.317 e. The second kappa shape index (κ2) is 7.99. The van der Waals surface area contributed by atoms with Crippen molar-refractivity contribution in [1.29, 1.82) is 0 Å². The number of nitrogens with one attached hydrogen (secondary N) is 1. The van der Waals surface area contributed by atoms with Crippen LogP contribution in [0.3, 0.4) is 0 Å². The summed E-state index contributed by atoms with van der Waals surface area (Å²) in [6.07, 6.45) is 3.81. The van der Waals surface area contributed by atoms with Gasteiger partial charge < -0.3 is 15.3 Å². The summed E-state index contributed by atoms with van der Waals surface area (Å²) >= 11 is 0. The van der Waals surface area contributed by atoms with Gasteiger partial charge in [-0.15, -0.1) is 0 Å². The fourth-order valence-electron chi connectivity index (χ4n) is 3.03. The lowest BCUT2D eigenvalue weighted by molar-refractivity contribution is 0.0473. The van der Waals surface area contributed by atoms with E-state index in [2.05, 4.69) is 24.1 Å². The van der Waals surface area contributed by atoms with Crippen molar-refractivity contribution in [2.45, 2.75) is 71.6 Å². The molecule has 2 atom stereocenters. The first-order chi connectivity index (χ1) is 9.74. The van der Waals surface area contributed by atoms with E-state index < -0.39 is 5.60 Å². The zero-order chi connectivity index (χ0) is 16.0. The molecule has 0 saturated carbocycles. The zero-order valence-electron chi connectivity index (χ0n) is 14.4. The van der Waals surface area contributed by atoms with Crippen LogP contribution in [0.5, 0.6) is 0 Å². The van der Waals surface area contributed by atoms with E-state index in [9.17, 15) is 9.90 Å². The van der Waals surface area contributed by atoms with Crippen molar-refractivity contribution in [1.82, 2.24) is 15.1 Å². The number of carbonyl (C=O) groups is 1. The van der Waals surface area contributed by atoms with E-state index in [0.29, 0.717) is 31.7 Å². The molecule has 0 spiro atoms. The van der Waals surface area contributed by atoms with Gasteiger partial charge in [-0.2, -0.15) is 0 Å². The Kier molecular flexibility index (Phi) is 6.94. The number of rotatable bonds is 6. The van der Waals surface area contributed by atoms with Gasteiger partial charge >= 0.3 is 6.03 Å². The largest absolute Gasteiger partial charge is 0.389 e. The zero-order valence-corrected chi connectivity index (χ0v) is 14.4. The van der Waals surface area contributed by atoms with E-state index in [1.54, 1.807) is 18.7 Å². The van der Waals surface area contributed by atoms with Crippen molar-refractivity contribution < 1.29 is 9.90 Å². The number of carbonyl (C=O) groups excluding carboxylic acids is 1. The van der Waals surface area contributed by atoms with E-state index in [0.717, 1.165) is 6.54 Å². The molecule has 0 aromatic rings. The molecule has 2 amide bonds. The van der Waals surface area contributed by atoms with Gasteiger partial charge in [-0.3, -0.25) is 4.90 Å². The van der Waals surface area contributed by atoms with Crippen LogP contribution in [0, 0.1) is 0 Å². The Morgan fingerprint density at radius 2 is 2.14 bits per heavy atom. The quantitative estimate of drug-likeness (QED) is 0.789.